The minimum atomic E-state index is 0. The van der Waals surface area contributed by atoms with E-state index in [0.717, 1.165) is 11.1 Å². The van der Waals surface area contributed by atoms with Gasteiger partial charge in [0.05, 0.1) is 18.8 Å². The van der Waals surface area contributed by atoms with E-state index in [9.17, 15) is 10.4 Å². The summed E-state index contributed by atoms with van der Waals surface area (Å²) in [4.78, 5) is 3.98. The maximum Gasteiger partial charge on any atom is 2.00 e. The fourth-order valence-electron chi connectivity index (χ4n) is 2.20. The second kappa shape index (κ2) is 15.5. The van der Waals surface area contributed by atoms with E-state index in [1.54, 1.807) is 42.7 Å². The van der Waals surface area contributed by atoms with Gasteiger partial charge >= 0.3 is 19.5 Å². The normalized spacial score (nSPS) is 9.21. The number of halogens is 2. The number of nitriles is 1. The number of pyridine rings is 1. The minimum absolute atomic E-state index is 0. The van der Waals surface area contributed by atoms with Crippen molar-refractivity contribution in [1.82, 2.24) is 4.98 Å². The van der Waals surface area contributed by atoms with Gasteiger partial charge in [-0.2, -0.15) is 5.26 Å². The molecule has 0 aliphatic rings. The number of hydrogen-bond donors (Lipinski definition) is 1. The standard InChI is InChI=1S/C15H12N2O2.C7H8.2ClH.Ru/c1-19-15-5-4-11(8-14(15)18)7-13(9-16)12-3-2-6-17-10-12;1-7-5-3-2-4-6-7;;;/h2-8,10,18H,1H3;2-6H,1H3;2*1H;/q;;;;+2/p-2/b13-7+;;;;. The smallest absolute Gasteiger partial charge is 1.00 e. The monoisotopic (exact) mass is 516 g/mol. The van der Waals surface area contributed by atoms with Gasteiger partial charge in [0, 0.05) is 18.0 Å². The number of phenolic OH excluding ortho intramolecular Hbond substituents is 1. The molecule has 29 heavy (non-hydrogen) atoms. The Balaban J connectivity index is 0. The number of allylic oxidation sites excluding steroid dienone is 1. The molecule has 1 N–H and O–H groups in total. The molecule has 0 aliphatic carbocycles. The van der Waals surface area contributed by atoms with Crippen molar-refractivity contribution in [3.05, 3.63) is 89.7 Å². The van der Waals surface area contributed by atoms with Crippen LogP contribution in [0.5, 0.6) is 11.5 Å². The van der Waals surface area contributed by atoms with Crippen molar-refractivity contribution >= 4 is 11.6 Å². The first-order chi connectivity index (χ1) is 12.6. The van der Waals surface area contributed by atoms with E-state index in [-0.39, 0.29) is 50.0 Å². The Labute approximate surface area is 196 Å². The molecule has 0 saturated carbocycles. The number of methoxy groups -OCH3 is 1. The SMILES string of the molecule is COc1ccc(/C=C(\C#N)c2cccnc2)cc1O.Cc1ccccc1.[Cl-].[Cl-].[Ru+2]. The Morgan fingerprint density at radius 2 is 1.76 bits per heavy atom. The number of benzene rings is 2. The largest absolute Gasteiger partial charge is 2.00 e. The van der Waals surface area contributed by atoms with Crippen molar-refractivity contribution in [1.29, 1.82) is 5.26 Å². The molecule has 4 nitrogen and oxygen atoms in total. The Kier molecular flexibility index (Phi) is 15.4. The quantitative estimate of drug-likeness (QED) is 0.354. The first-order valence-corrected chi connectivity index (χ1v) is 8.05. The predicted molar refractivity (Wildman–Crippen MR) is 104 cm³/mol. The van der Waals surface area contributed by atoms with E-state index in [1.165, 1.54) is 12.7 Å². The number of ether oxygens (including phenoxy) is 1. The Morgan fingerprint density at radius 3 is 2.21 bits per heavy atom. The first kappa shape index (κ1) is 28.8. The number of hydrogen-bond acceptors (Lipinski definition) is 4. The molecular formula is C22H20Cl2N2O2Ru. The summed E-state index contributed by atoms with van der Waals surface area (Å²) < 4.78 is 4.97. The van der Waals surface area contributed by atoms with Crippen LogP contribution in [0, 0.1) is 18.3 Å². The number of rotatable bonds is 3. The van der Waals surface area contributed by atoms with Crippen LogP contribution in [0.2, 0.25) is 0 Å². The number of aryl methyl sites for hydroxylation is 1. The zero-order valence-corrected chi connectivity index (χ0v) is 19.1. The second-order valence-corrected chi connectivity index (χ2v) is 5.50. The molecular weight excluding hydrogens is 496 g/mol. The van der Waals surface area contributed by atoms with E-state index >= 15 is 0 Å². The summed E-state index contributed by atoms with van der Waals surface area (Å²) in [6.45, 7) is 2.08. The molecule has 0 bridgehead atoms. The van der Waals surface area contributed by atoms with Crippen LogP contribution < -0.4 is 29.6 Å². The van der Waals surface area contributed by atoms with E-state index in [2.05, 4.69) is 30.1 Å². The van der Waals surface area contributed by atoms with Crippen LogP contribution in [0.25, 0.3) is 11.6 Å². The van der Waals surface area contributed by atoms with E-state index < -0.39 is 0 Å². The number of phenols is 1. The molecule has 0 fully saturated rings. The molecule has 1 aromatic heterocycles. The van der Waals surface area contributed by atoms with Crippen LogP contribution in [0.15, 0.2) is 73.1 Å². The molecule has 0 unspecified atom stereocenters. The van der Waals surface area contributed by atoms with Crippen molar-refractivity contribution in [3.8, 4) is 17.6 Å². The molecule has 0 radical (unpaired) electrons. The summed E-state index contributed by atoms with van der Waals surface area (Å²) in [6, 6.07) is 20.9. The van der Waals surface area contributed by atoms with Crippen LogP contribution in [0.4, 0.5) is 0 Å². The molecule has 3 aromatic rings. The summed E-state index contributed by atoms with van der Waals surface area (Å²) in [5, 5.41) is 18.9. The van der Waals surface area contributed by atoms with Crippen molar-refractivity contribution in [2.75, 3.05) is 7.11 Å². The zero-order valence-electron chi connectivity index (χ0n) is 15.9. The van der Waals surface area contributed by atoms with E-state index in [1.807, 2.05) is 24.3 Å². The predicted octanol–water partition coefficient (Wildman–Crippen LogP) is -1.14. The Hall–Kier alpha value is -2.38. The van der Waals surface area contributed by atoms with Crippen LogP contribution in [0.3, 0.4) is 0 Å². The topological polar surface area (TPSA) is 66.1 Å². The number of aromatic nitrogens is 1. The van der Waals surface area contributed by atoms with E-state index in [4.69, 9.17) is 4.74 Å². The summed E-state index contributed by atoms with van der Waals surface area (Å²) in [7, 11) is 1.49. The maximum atomic E-state index is 9.70. The maximum absolute atomic E-state index is 9.70. The van der Waals surface area contributed by atoms with Crippen molar-refractivity contribution in [3.63, 3.8) is 0 Å². The molecule has 1 heterocycles. The molecule has 0 atom stereocenters. The van der Waals surface area contributed by atoms with Crippen LogP contribution in [0.1, 0.15) is 16.7 Å². The van der Waals surface area contributed by atoms with Crippen LogP contribution in [-0.4, -0.2) is 17.2 Å². The summed E-state index contributed by atoms with van der Waals surface area (Å²) in [6.07, 6.45) is 4.96. The summed E-state index contributed by atoms with van der Waals surface area (Å²) in [5.74, 6) is 0.441. The van der Waals surface area contributed by atoms with Gasteiger partial charge in [0.25, 0.3) is 0 Å². The van der Waals surface area contributed by atoms with Crippen molar-refractivity contribution in [2.24, 2.45) is 0 Å². The van der Waals surface area contributed by atoms with Crippen molar-refractivity contribution < 1.29 is 54.1 Å². The van der Waals surface area contributed by atoms with E-state index in [0.29, 0.717) is 11.3 Å². The summed E-state index contributed by atoms with van der Waals surface area (Å²) >= 11 is 0. The van der Waals surface area contributed by atoms with Gasteiger partial charge in [-0.15, -0.1) is 0 Å². The van der Waals surface area contributed by atoms with Gasteiger partial charge in [0.2, 0.25) is 0 Å². The van der Waals surface area contributed by atoms with Gasteiger partial charge in [-0.3, -0.25) is 4.98 Å². The Morgan fingerprint density at radius 1 is 1.07 bits per heavy atom. The number of nitrogens with zero attached hydrogens (tertiary/aromatic N) is 2. The van der Waals surface area contributed by atoms with Crippen LogP contribution in [-0.2, 0) is 19.5 Å². The zero-order chi connectivity index (χ0) is 18.8. The van der Waals surface area contributed by atoms with Gasteiger partial charge < -0.3 is 34.7 Å². The molecule has 0 saturated heterocycles. The van der Waals surface area contributed by atoms with Crippen molar-refractivity contribution in [2.45, 2.75) is 6.92 Å². The summed E-state index contributed by atoms with van der Waals surface area (Å²) in [5.41, 5.74) is 3.26. The molecule has 152 valence electrons. The number of aromatic hydroxyl groups is 1. The van der Waals surface area contributed by atoms with Gasteiger partial charge in [-0.25, -0.2) is 0 Å². The van der Waals surface area contributed by atoms with Gasteiger partial charge in [0.1, 0.15) is 0 Å². The third-order valence-electron chi connectivity index (χ3n) is 3.55. The van der Waals surface area contributed by atoms with Crippen LogP contribution >= 0.6 is 0 Å². The van der Waals surface area contributed by atoms with Gasteiger partial charge in [-0.1, -0.05) is 48.0 Å². The second-order valence-electron chi connectivity index (χ2n) is 5.50. The molecule has 3 rings (SSSR count). The third-order valence-corrected chi connectivity index (χ3v) is 3.55. The molecule has 7 heteroatoms. The van der Waals surface area contributed by atoms with Gasteiger partial charge in [-0.05, 0) is 36.8 Å². The average Bonchev–Trinajstić information content (AvgIpc) is 2.68. The van der Waals surface area contributed by atoms with Gasteiger partial charge in [0.15, 0.2) is 11.5 Å². The third kappa shape index (κ3) is 9.59. The molecule has 0 spiro atoms. The molecule has 0 amide bonds. The molecule has 2 aromatic carbocycles. The molecule has 0 aliphatic heterocycles. The first-order valence-electron chi connectivity index (χ1n) is 8.05. The minimum Gasteiger partial charge on any atom is -1.00 e. The fraction of sp³-hybridized carbons (Fsp3) is 0.0909. The fourth-order valence-corrected chi connectivity index (χ4v) is 2.20. The average molecular weight is 516 g/mol. The Bertz CT molecular complexity index is 915.